The van der Waals surface area contributed by atoms with Crippen molar-refractivity contribution in [3.05, 3.63) is 28.2 Å². The fourth-order valence-electron chi connectivity index (χ4n) is 1.27. The lowest BCUT2D eigenvalue weighted by Crippen LogP contribution is -2.22. The molecule has 0 spiro atoms. The minimum absolute atomic E-state index is 0.0210. The lowest BCUT2D eigenvalue weighted by atomic mass is 10.1. The molecule has 0 aliphatic carbocycles. The summed E-state index contributed by atoms with van der Waals surface area (Å²) in [6.45, 7) is 3.86. The third-order valence-electron chi connectivity index (χ3n) is 2.56. The highest BCUT2D eigenvalue weighted by molar-refractivity contribution is 9.10. The monoisotopic (exact) mass is 314 g/mol. The zero-order valence-corrected chi connectivity index (χ0v) is 12.2. The van der Waals surface area contributed by atoms with Gasteiger partial charge < -0.3 is 11.1 Å². The van der Waals surface area contributed by atoms with Gasteiger partial charge in [-0.15, -0.1) is 0 Å². The van der Waals surface area contributed by atoms with E-state index >= 15 is 0 Å². The summed E-state index contributed by atoms with van der Waals surface area (Å²) in [6, 6.07) is 5.43. The van der Waals surface area contributed by atoms with Gasteiger partial charge in [-0.1, -0.05) is 42.0 Å². The summed E-state index contributed by atoms with van der Waals surface area (Å²) in [5.41, 5.74) is 6.96. The van der Waals surface area contributed by atoms with Crippen LogP contribution in [0.25, 0.3) is 0 Å². The van der Waals surface area contributed by atoms with Crippen LogP contribution in [0, 0.1) is 5.92 Å². The zero-order valence-electron chi connectivity index (χ0n) is 9.79. The van der Waals surface area contributed by atoms with Crippen LogP contribution in [0.3, 0.4) is 0 Å². The van der Waals surface area contributed by atoms with Crippen LogP contribution in [-0.4, -0.2) is 10.9 Å². The molecule has 3 nitrogen and oxygen atoms in total. The predicted molar refractivity (Wildman–Crippen MR) is 78.1 cm³/mol. The van der Waals surface area contributed by atoms with Crippen LogP contribution in [0.5, 0.6) is 0 Å². The number of hydrogen-bond donors (Lipinski definition) is 2. The quantitative estimate of drug-likeness (QED) is 0.840. The Bertz CT molecular complexity index is 448. The van der Waals surface area contributed by atoms with E-state index in [0.29, 0.717) is 11.3 Å². The second-order valence-electron chi connectivity index (χ2n) is 3.85. The molecule has 0 aliphatic heterocycles. The molecule has 3 N–H and O–H groups in total. The fraction of sp³-hybridized carbons (Fsp3) is 0.333. The lowest BCUT2D eigenvalue weighted by Gasteiger charge is -2.13. The molecule has 0 aliphatic rings. The third kappa shape index (κ3) is 3.78. The van der Waals surface area contributed by atoms with Crippen molar-refractivity contribution >= 4 is 44.7 Å². The summed E-state index contributed by atoms with van der Waals surface area (Å²) < 4.78 is 0.877. The van der Waals surface area contributed by atoms with Crippen molar-refractivity contribution in [3.63, 3.8) is 0 Å². The van der Waals surface area contributed by atoms with Crippen molar-refractivity contribution in [3.8, 4) is 0 Å². The summed E-state index contributed by atoms with van der Waals surface area (Å²) in [4.78, 5) is 12.1. The summed E-state index contributed by atoms with van der Waals surface area (Å²) >= 11 is 8.31. The summed E-state index contributed by atoms with van der Waals surface area (Å²) in [7, 11) is 0. The molecule has 1 aromatic carbocycles. The van der Waals surface area contributed by atoms with Gasteiger partial charge in [-0.2, -0.15) is 0 Å². The van der Waals surface area contributed by atoms with Gasteiger partial charge in [0.2, 0.25) is 5.91 Å². The number of amides is 1. The summed E-state index contributed by atoms with van der Waals surface area (Å²) in [5.74, 6) is -0.0508. The number of carbonyl (C=O) groups is 1. The number of rotatable bonds is 4. The van der Waals surface area contributed by atoms with Gasteiger partial charge in [0.1, 0.15) is 4.99 Å². The van der Waals surface area contributed by atoms with E-state index in [9.17, 15) is 4.79 Å². The normalized spacial score (nSPS) is 11.9. The van der Waals surface area contributed by atoms with Crippen molar-refractivity contribution < 1.29 is 4.79 Å². The molecule has 1 amide bonds. The molecule has 0 bridgehead atoms. The second-order valence-corrected chi connectivity index (χ2v) is 5.21. The van der Waals surface area contributed by atoms with Gasteiger partial charge in [0, 0.05) is 16.0 Å². The first kappa shape index (κ1) is 14.1. The molecule has 17 heavy (non-hydrogen) atoms. The number of nitrogens with two attached hydrogens (primary N) is 1. The molecular formula is C12H15BrN2OS. The number of carbonyl (C=O) groups excluding carboxylic acids is 1. The van der Waals surface area contributed by atoms with E-state index in [0.717, 1.165) is 10.9 Å². The molecule has 0 heterocycles. The minimum Gasteiger partial charge on any atom is -0.389 e. The first-order chi connectivity index (χ1) is 7.95. The predicted octanol–water partition coefficient (Wildman–Crippen LogP) is 3.07. The van der Waals surface area contributed by atoms with Gasteiger partial charge in [-0.25, -0.2) is 0 Å². The average molecular weight is 315 g/mol. The Kier molecular flexibility index (Phi) is 5.08. The van der Waals surface area contributed by atoms with Crippen molar-refractivity contribution in [2.45, 2.75) is 20.3 Å². The maximum Gasteiger partial charge on any atom is 0.227 e. The Hall–Kier alpha value is -0.940. The molecule has 92 valence electrons. The molecule has 1 atom stereocenters. The molecular weight excluding hydrogens is 300 g/mol. The Morgan fingerprint density at radius 3 is 2.76 bits per heavy atom. The van der Waals surface area contributed by atoms with Crippen molar-refractivity contribution in [2.24, 2.45) is 11.7 Å². The maximum absolute atomic E-state index is 11.8. The van der Waals surface area contributed by atoms with E-state index in [1.807, 2.05) is 19.9 Å². The van der Waals surface area contributed by atoms with E-state index in [2.05, 4.69) is 21.2 Å². The Morgan fingerprint density at radius 1 is 1.59 bits per heavy atom. The highest BCUT2D eigenvalue weighted by Crippen LogP contribution is 2.21. The van der Waals surface area contributed by atoms with E-state index in [1.54, 1.807) is 12.1 Å². The van der Waals surface area contributed by atoms with Crippen LogP contribution in [0.2, 0.25) is 0 Å². The smallest absolute Gasteiger partial charge is 0.227 e. The van der Waals surface area contributed by atoms with Crippen molar-refractivity contribution in [1.82, 2.24) is 0 Å². The molecule has 0 saturated heterocycles. The highest BCUT2D eigenvalue weighted by atomic mass is 79.9. The molecule has 0 fully saturated rings. The van der Waals surface area contributed by atoms with Crippen molar-refractivity contribution in [2.75, 3.05) is 5.32 Å². The molecule has 1 rings (SSSR count). The van der Waals surface area contributed by atoms with Crippen LogP contribution in [0.15, 0.2) is 22.7 Å². The number of thiocarbonyl (C=S) groups is 1. The van der Waals surface area contributed by atoms with E-state index in [4.69, 9.17) is 18.0 Å². The maximum atomic E-state index is 11.8. The topological polar surface area (TPSA) is 55.1 Å². The van der Waals surface area contributed by atoms with Gasteiger partial charge in [0.05, 0.1) is 5.69 Å². The van der Waals surface area contributed by atoms with Crippen LogP contribution in [0.1, 0.15) is 25.8 Å². The third-order valence-corrected chi connectivity index (χ3v) is 3.28. The van der Waals surface area contributed by atoms with E-state index in [1.165, 1.54) is 0 Å². The van der Waals surface area contributed by atoms with E-state index < -0.39 is 0 Å². The molecule has 1 aromatic rings. The molecule has 1 unspecified atom stereocenters. The second kappa shape index (κ2) is 6.12. The van der Waals surface area contributed by atoms with Gasteiger partial charge in [-0.05, 0) is 24.6 Å². The zero-order chi connectivity index (χ0) is 13.0. The molecule has 0 saturated carbocycles. The Morgan fingerprint density at radius 2 is 2.24 bits per heavy atom. The van der Waals surface area contributed by atoms with Gasteiger partial charge >= 0.3 is 0 Å². The van der Waals surface area contributed by atoms with Crippen LogP contribution < -0.4 is 11.1 Å². The molecule has 0 aromatic heterocycles. The number of nitrogens with one attached hydrogen (secondary N) is 1. The minimum atomic E-state index is -0.0298. The van der Waals surface area contributed by atoms with Gasteiger partial charge in [0.25, 0.3) is 0 Å². The first-order valence-electron chi connectivity index (χ1n) is 5.36. The van der Waals surface area contributed by atoms with Gasteiger partial charge in [0.15, 0.2) is 0 Å². The number of benzene rings is 1. The van der Waals surface area contributed by atoms with Gasteiger partial charge in [-0.3, -0.25) is 4.79 Å². The summed E-state index contributed by atoms with van der Waals surface area (Å²) in [5, 5.41) is 2.84. The van der Waals surface area contributed by atoms with Crippen LogP contribution in [0.4, 0.5) is 5.69 Å². The standard InChI is InChI=1S/C12H15BrN2OS/c1-3-7(2)12(16)15-10-5-4-8(13)6-9(10)11(14)17/h4-7H,3H2,1-2H3,(H2,14,17)(H,15,16). The fourth-order valence-corrected chi connectivity index (χ4v) is 1.80. The van der Waals surface area contributed by atoms with Crippen LogP contribution in [-0.2, 0) is 4.79 Å². The van der Waals surface area contributed by atoms with Crippen LogP contribution >= 0.6 is 28.1 Å². The Balaban J connectivity index is 2.98. The SMILES string of the molecule is CCC(C)C(=O)Nc1ccc(Br)cc1C(N)=S. The average Bonchev–Trinajstić information content (AvgIpc) is 2.29. The number of anilines is 1. The first-order valence-corrected chi connectivity index (χ1v) is 6.56. The van der Waals surface area contributed by atoms with E-state index in [-0.39, 0.29) is 16.8 Å². The van der Waals surface area contributed by atoms with Crippen molar-refractivity contribution in [1.29, 1.82) is 0 Å². The summed E-state index contributed by atoms with van der Waals surface area (Å²) in [6.07, 6.45) is 0.796. The number of halogens is 1. The number of hydrogen-bond acceptors (Lipinski definition) is 2. The molecule has 5 heteroatoms. The molecule has 0 radical (unpaired) electrons. The largest absolute Gasteiger partial charge is 0.389 e. The lowest BCUT2D eigenvalue weighted by molar-refractivity contribution is -0.119. The highest BCUT2D eigenvalue weighted by Gasteiger charge is 2.13. The Labute approximate surface area is 115 Å².